The molecule has 1 fully saturated rings. The maximum atomic E-state index is 14.8. The molecule has 4 aromatic rings. The standard InChI is InChI=1S/C51H53F3N2O11/c1-49(2,3)66-44(59)27-25-39(31-57)55-46(60)40(28-34-14-8-5-9-15-34)56(4)47(61)36-29-41(64-48(62)35-23-20-33(21-24-35)22-26-43(58)63-32-50(52,53)54)45-42(30-36)65-51(67-45,37-16-10-6-11-17-37)38-18-12-7-13-19-38/h5-24,26,30,39-42,45,57H,25,27-29,31-32H2,1-4H3,(H,55,60). The van der Waals surface area contributed by atoms with E-state index in [1.54, 1.807) is 39.0 Å². The fraction of sp³-hybridized carbons (Fsp3) is 0.353. The molecule has 0 saturated carbocycles. The van der Waals surface area contributed by atoms with Gasteiger partial charge in [0.15, 0.2) is 6.61 Å². The maximum absolute atomic E-state index is 14.8. The van der Waals surface area contributed by atoms with E-state index in [1.807, 2.05) is 78.9 Å². The summed E-state index contributed by atoms with van der Waals surface area (Å²) in [6, 6.07) is 31.2. The molecule has 1 aliphatic heterocycles. The second-order valence-corrected chi connectivity index (χ2v) is 17.2. The van der Waals surface area contributed by atoms with Crippen molar-refractivity contribution in [3.63, 3.8) is 0 Å². The Hall–Kier alpha value is -6.62. The van der Waals surface area contributed by atoms with Gasteiger partial charge < -0.3 is 39.0 Å². The fourth-order valence-electron chi connectivity index (χ4n) is 7.69. The van der Waals surface area contributed by atoms with Crippen LogP contribution in [-0.2, 0) is 55.1 Å². The first-order valence-corrected chi connectivity index (χ1v) is 21.7. The molecule has 2 N–H and O–H groups in total. The Morgan fingerprint density at radius 3 is 2.03 bits per heavy atom. The molecular weight excluding hydrogens is 874 g/mol. The van der Waals surface area contributed by atoms with Gasteiger partial charge in [0.05, 0.1) is 18.2 Å². The van der Waals surface area contributed by atoms with Crippen molar-refractivity contribution in [2.24, 2.45) is 0 Å². The van der Waals surface area contributed by atoms with Gasteiger partial charge in [0, 0.05) is 49.1 Å². The van der Waals surface area contributed by atoms with Crippen molar-refractivity contribution < 1.29 is 65.9 Å². The van der Waals surface area contributed by atoms with Crippen LogP contribution in [0.25, 0.3) is 6.08 Å². The summed E-state index contributed by atoms with van der Waals surface area (Å²) in [5.41, 5.74) is 1.91. The van der Waals surface area contributed by atoms with Crippen molar-refractivity contribution >= 4 is 35.8 Å². The Morgan fingerprint density at radius 1 is 0.866 bits per heavy atom. The van der Waals surface area contributed by atoms with E-state index in [0.717, 1.165) is 11.6 Å². The lowest BCUT2D eigenvalue weighted by Gasteiger charge is -2.34. The van der Waals surface area contributed by atoms with E-state index in [0.29, 0.717) is 16.7 Å². The molecule has 13 nitrogen and oxygen atoms in total. The van der Waals surface area contributed by atoms with Gasteiger partial charge in [-0.15, -0.1) is 0 Å². The second-order valence-electron chi connectivity index (χ2n) is 17.2. The highest BCUT2D eigenvalue weighted by molar-refractivity contribution is 5.97. The number of carbonyl (C=O) groups excluding carboxylic acids is 5. The van der Waals surface area contributed by atoms with Gasteiger partial charge in [-0.05, 0) is 62.6 Å². The number of rotatable bonds is 17. The molecule has 1 heterocycles. The van der Waals surface area contributed by atoms with Crippen LogP contribution in [0.1, 0.15) is 72.6 Å². The zero-order valence-electron chi connectivity index (χ0n) is 37.4. The smallest absolute Gasteiger partial charge is 0.422 e. The van der Waals surface area contributed by atoms with Crippen molar-refractivity contribution in [2.75, 3.05) is 20.3 Å². The highest BCUT2D eigenvalue weighted by Crippen LogP contribution is 2.47. The molecule has 1 saturated heterocycles. The number of nitrogens with one attached hydrogen (secondary N) is 1. The summed E-state index contributed by atoms with van der Waals surface area (Å²) in [7, 11) is 1.48. The molecule has 5 atom stereocenters. The van der Waals surface area contributed by atoms with Crippen molar-refractivity contribution in [1.29, 1.82) is 0 Å². The predicted octanol–water partition coefficient (Wildman–Crippen LogP) is 7.01. The first kappa shape index (κ1) is 49.8. The third kappa shape index (κ3) is 13.5. The number of likely N-dealkylation sites (N-methyl/N-ethyl adjacent to an activating group) is 1. The highest BCUT2D eigenvalue weighted by Gasteiger charge is 2.55. The van der Waals surface area contributed by atoms with Gasteiger partial charge >= 0.3 is 24.1 Å². The van der Waals surface area contributed by atoms with Crippen LogP contribution in [0.5, 0.6) is 0 Å². The molecule has 0 spiro atoms. The summed E-state index contributed by atoms with van der Waals surface area (Å²) < 4.78 is 66.9. The fourth-order valence-corrected chi connectivity index (χ4v) is 7.69. The number of aliphatic hydroxyl groups is 1. The Balaban J connectivity index is 1.28. The van der Waals surface area contributed by atoms with Crippen LogP contribution in [0.3, 0.4) is 0 Å². The molecule has 16 heteroatoms. The van der Waals surface area contributed by atoms with E-state index in [2.05, 4.69) is 10.1 Å². The van der Waals surface area contributed by atoms with Gasteiger partial charge in [-0.3, -0.25) is 14.4 Å². The Labute approximate surface area is 386 Å². The van der Waals surface area contributed by atoms with Crippen molar-refractivity contribution in [1.82, 2.24) is 10.2 Å². The van der Waals surface area contributed by atoms with Crippen LogP contribution in [0.2, 0.25) is 0 Å². The Morgan fingerprint density at radius 2 is 1.46 bits per heavy atom. The van der Waals surface area contributed by atoms with Gasteiger partial charge in [0.1, 0.15) is 30.0 Å². The van der Waals surface area contributed by atoms with Crippen LogP contribution >= 0.6 is 0 Å². The summed E-state index contributed by atoms with van der Waals surface area (Å²) in [4.78, 5) is 68.5. The van der Waals surface area contributed by atoms with E-state index >= 15 is 0 Å². The number of benzene rings is 4. The lowest BCUT2D eigenvalue weighted by atomic mass is 9.90. The van der Waals surface area contributed by atoms with E-state index < -0.39 is 90.9 Å². The number of fused-ring (bicyclic) bond motifs is 1. The monoisotopic (exact) mass is 926 g/mol. The van der Waals surface area contributed by atoms with Crippen molar-refractivity contribution in [3.8, 4) is 0 Å². The zero-order chi connectivity index (χ0) is 48.4. The predicted molar refractivity (Wildman–Crippen MR) is 239 cm³/mol. The summed E-state index contributed by atoms with van der Waals surface area (Å²) in [6.07, 6.45) is -4.09. The molecule has 0 radical (unpaired) electrons. The molecule has 67 heavy (non-hydrogen) atoms. The van der Waals surface area contributed by atoms with Crippen LogP contribution in [-0.4, -0.2) is 102 Å². The second kappa shape index (κ2) is 21.8. The van der Waals surface area contributed by atoms with Gasteiger partial charge in [0.2, 0.25) is 17.6 Å². The normalized spacial score (nSPS) is 18.7. The highest BCUT2D eigenvalue weighted by atomic mass is 19.4. The number of amides is 2. The van der Waals surface area contributed by atoms with Crippen molar-refractivity contribution in [3.05, 3.63) is 161 Å². The Bertz CT molecular complexity index is 2360. The number of hydrogen-bond donors (Lipinski definition) is 2. The van der Waals surface area contributed by atoms with E-state index in [-0.39, 0.29) is 36.8 Å². The molecule has 0 bridgehead atoms. The molecule has 354 valence electrons. The Kier molecular flexibility index (Phi) is 16.2. The summed E-state index contributed by atoms with van der Waals surface area (Å²) in [5, 5.41) is 13.1. The summed E-state index contributed by atoms with van der Waals surface area (Å²) in [5.74, 6) is -5.15. The lowest BCUT2D eigenvalue weighted by Crippen LogP contribution is -2.53. The van der Waals surface area contributed by atoms with Gasteiger partial charge in [-0.1, -0.05) is 103 Å². The number of nitrogens with zero attached hydrogens (tertiary/aromatic N) is 1. The van der Waals surface area contributed by atoms with Crippen molar-refractivity contribution in [2.45, 2.75) is 94.4 Å². The van der Waals surface area contributed by atoms with Crippen LogP contribution < -0.4 is 5.32 Å². The topological polar surface area (TPSA) is 167 Å². The van der Waals surface area contributed by atoms with Gasteiger partial charge in [-0.2, -0.15) is 13.2 Å². The lowest BCUT2D eigenvalue weighted by molar-refractivity contribution is -0.182. The number of esters is 3. The number of aliphatic hydroxyl groups excluding tert-OH is 1. The number of alkyl halides is 3. The SMILES string of the molecule is CN(C(=O)C1=CC2OC(c3ccccc3)(c3ccccc3)OC2C(OC(=O)c2ccc(C=CC(=O)OCC(F)(F)F)cc2)C1)C(Cc1ccccc1)C(=O)NC(CO)CCC(=O)OC(C)(C)C. The van der Waals surface area contributed by atoms with Gasteiger partial charge in [-0.25, -0.2) is 9.59 Å². The number of hydrogen-bond acceptors (Lipinski definition) is 11. The van der Waals surface area contributed by atoms with E-state index in [9.17, 15) is 42.3 Å². The molecule has 1 aliphatic carbocycles. The minimum absolute atomic E-state index is 0.0715. The number of halogens is 3. The molecule has 2 aliphatic rings. The molecule has 6 rings (SSSR count). The minimum atomic E-state index is -4.68. The number of carbonyl (C=O) groups is 5. The maximum Gasteiger partial charge on any atom is 0.422 e. The van der Waals surface area contributed by atoms with Crippen LogP contribution in [0.4, 0.5) is 13.2 Å². The minimum Gasteiger partial charge on any atom is -0.460 e. The molecule has 2 amide bonds. The number of ether oxygens (including phenoxy) is 5. The molecular formula is C51H53F3N2O11. The molecule has 4 aromatic carbocycles. The third-order valence-electron chi connectivity index (χ3n) is 10.9. The van der Waals surface area contributed by atoms with E-state index in [4.69, 9.17) is 18.9 Å². The molecule has 5 unspecified atom stereocenters. The summed E-state index contributed by atoms with van der Waals surface area (Å²) >= 11 is 0. The zero-order valence-corrected chi connectivity index (χ0v) is 37.4. The van der Waals surface area contributed by atoms with Crippen LogP contribution in [0.15, 0.2) is 133 Å². The summed E-state index contributed by atoms with van der Waals surface area (Å²) in [6.45, 7) is 3.00. The van der Waals surface area contributed by atoms with Gasteiger partial charge in [0.25, 0.3) is 0 Å². The first-order chi connectivity index (χ1) is 31.8. The largest absolute Gasteiger partial charge is 0.460 e. The first-order valence-electron chi connectivity index (χ1n) is 21.7. The molecule has 0 aromatic heterocycles. The average molecular weight is 927 g/mol. The average Bonchev–Trinajstić information content (AvgIpc) is 3.72. The van der Waals surface area contributed by atoms with E-state index in [1.165, 1.54) is 42.3 Å². The quantitative estimate of drug-likeness (QED) is 0.0635. The van der Waals surface area contributed by atoms with Crippen LogP contribution in [0, 0.1) is 0 Å². The third-order valence-corrected chi connectivity index (χ3v) is 10.9.